The molecule has 0 aromatic heterocycles. The molecule has 0 spiro atoms. The molecule has 21 heavy (non-hydrogen) atoms. The monoisotopic (exact) mass is 285 g/mol. The minimum absolute atomic E-state index is 0.0185. The minimum atomic E-state index is -0.275. The molecule has 0 radical (unpaired) electrons. The Labute approximate surface area is 124 Å². The standard InChI is InChI=1S/C18H20FNO/c1-12-9-10-20(11-13(12)2)18(21)16-7-8-17(19)15-6-4-3-5-14(15)16/h3-8,12-13H,9-11H2,1-2H3. The molecule has 1 aliphatic rings. The summed E-state index contributed by atoms with van der Waals surface area (Å²) in [4.78, 5) is 14.7. The summed E-state index contributed by atoms with van der Waals surface area (Å²) >= 11 is 0. The second-order valence-corrected chi connectivity index (χ2v) is 6.13. The number of halogens is 1. The van der Waals surface area contributed by atoms with E-state index in [1.54, 1.807) is 18.2 Å². The molecule has 2 atom stereocenters. The number of nitrogens with zero attached hydrogens (tertiary/aromatic N) is 1. The van der Waals surface area contributed by atoms with Crippen molar-refractivity contribution in [3.05, 3.63) is 47.8 Å². The van der Waals surface area contributed by atoms with Gasteiger partial charge in [-0.3, -0.25) is 4.79 Å². The van der Waals surface area contributed by atoms with Gasteiger partial charge < -0.3 is 4.90 Å². The first-order valence-corrected chi connectivity index (χ1v) is 7.54. The van der Waals surface area contributed by atoms with Gasteiger partial charge in [0, 0.05) is 24.0 Å². The van der Waals surface area contributed by atoms with Crippen LogP contribution in [0.3, 0.4) is 0 Å². The van der Waals surface area contributed by atoms with Crippen molar-refractivity contribution in [3.63, 3.8) is 0 Å². The maximum absolute atomic E-state index is 13.9. The van der Waals surface area contributed by atoms with E-state index in [2.05, 4.69) is 13.8 Å². The molecule has 3 rings (SSSR count). The van der Waals surface area contributed by atoms with Crippen LogP contribution in [0.5, 0.6) is 0 Å². The molecule has 1 saturated heterocycles. The molecule has 2 unspecified atom stereocenters. The highest BCUT2D eigenvalue weighted by Gasteiger charge is 2.27. The highest BCUT2D eigenvalue weighted by molar-refractivity contribution is 6.07. The molecule has 2 nitrogen and oxygen atoms in total. The Morgan fingerprint density at radius 1 is 1.10 bits per heavy atom. The molecule has 110 valence electrons. The lowest BCUT2D eigenvalue weighted by atomic mass is 9.88. The van der Waals surface area contributed by atoms with Gasteiger partial charge in [-0.15, -0.1) is 0 Å². The zero-order valence-corrected chi connectivity index (χ0v) is 12.5. The fraction of sp³-hybridized carbons (Fsp3) is 0.389. The molecule has 3 heteroatoms. The third-order valence-corrected chi connectivity index (χ3v) is 4.72. The quantitative estimate of drug-likeness (QED) is 0.772. The molecule has 0 bridgehead atoms. The average molecular weight is 285 g/mol. The van der Waals surface area contributed by atoms with Gasteiger partial charge in [-0.2, -0.15) is 0 Å². The first kappa shape index (κ1) is 14.1. The summed E-state index contributed by atoms with van der Waals surface area (Å²) in [5.74, 6) is 0.904. The number of piperidine rings is 1. The van der Waals surface area contributed by atoms with Crippen molar-refractivity contribution in [1.82, 2.24) is 4.90 Å². The lowest BCUT2D eigenvalue weighted by molar-refractivity contribution is 0.0629. The Hall–Kier alpha value is -1.90. The van der Waals surface area contributed by atoms with Gasteiger partial charge in [-0.05, 0) is 35.8 Å². The zero-order chi connectivity index (χ0) is 15.0. The van der Waals surface area contributed by atoms with E-state index in [0.717, 1.165) is 19.5 Å². The molecule has 2 aromatic carbocycles. The lowest BCUT2D eigenvalue weighted by Gasteiger charge is -2.35. The number of hydrogen-bond acceptors (Lipinski definition) is 1. The SMILES string of the molecule is CC1CCN(C(=O)c2ccc(F)c3ccccc23)CC1C. The largest absolute Gasteiger partial charge is 0.338 e. The first-order chi connectivity index (χ1) is 10.1. The predicted octanol–water partition coefficient (Wildman–Crippen LogP) is 4.10. The van der Waals surface area contributed by atoms with E-state index in [1.165, 1.54) is 6.07 Å². The molecule has 1 amide bonds. The van der Waals surface area contributed by atoms with Gasteiger partial charge in [0.15, 0.2) is 0 Å². The van der Waals surface area contributed by atoms with E-state index >= 15 is 0 Å². The summed E-state index contributed by atoms with van der Waals surface area (Å²) in [6.07, 6.45) is 1.03. The van der Waals surface area contributed by atoms with Crippen LogP contribution in [0.1, 0.15) is 30.6 Å². The van der Waals surface area contributed by atoms with E-state index < -0.39 is 0 Å². The number of carbonyl (C=O) groups is 1. The summed E-state index contributed by atoms with van der Waals surface area (Å²) in [6, 6.07) is 10.2. The Morgan fingerprint density at radius 2 is 1.81 bits per heavy atom. The summed E-state index contributed by atoms with van der Waals surface area (Å²) in [7, 11) is 0. The fourth-order valence-corrected chi connectivity index (χ4v) is 3.07. The number of amides is 1. The predicted molar refractivity (Wildman–Crippen MR) is 82.8 cm³/mol. The van der Waals surface area contributed by atoms with Crippen LogP contribution in [0.4, 0.5) is 4.39 Å². The molecule has 0 saturated carbocycles. The number of likely N-dealkylation sites (tertiary alicyclic amines) is 1. The Bertz CT molecular complexity index is 682. The van der Waals surface area contributed by atoms with Gasteiger partial charge in [-0.25, -0.2) is 4.39 Å². The average Bonchev–Trinajstić information content (AvgIpc) is 2.50. The van der Waals surface area contributed by atoms with Crippen molar-refractivity contribution >= 4 is 16.7 Å². The molecule has 0 aliphatic carbocycles. The Balaban J connectivity index is 1.97. The van der Waals surface area contributed by atoms with Crippen molar-refractivity contribution in [2.45, 2.75) is 20.3 Å². The second-order valence-electron chi connectivity index (χ2n) is 6.13. The van der Waals surface area contributed by atoms with Gasteiger partial charge in [-0.1, -0.05) is 38.1 Å². The van der Waals surface area contributed by atoms with Crippen LogP contribution in [0, 0.1) is 17.7 Å². The van der Waals surface area contributed by atoms with Crippen LogP contribution in [0.25, 0.3) is 10.8 Å². The maximum atomic E-state index is 13.9. The van der Waals surface area contributed by atoms with Crippen LogP contribution < -0.4 is 0 Å². The van der Waals surface area contributed by atoms with Crippen LogP contribution >= 0.6 is 0 Å². The summed E-state index contributed by atoms with van der Waals surface area (Å²) < 4.78 is 13.9. The topological polar surface area (TPSA) is 20.3 Å². The lowest BCUT2D eigenvalue weighted by Crippen LogP contribution is -2.42. The Kier molecular flexibility index (Phi) is 3.66. The molecule has 2 aromatic rings. The van der Waals surface area contributed by atoms with Crippen LogP contribution in [-0.2, 0) is 0 Å². The smallest absolute Gasteiger partial charge is 0.254 e. The fourth-order valence-electron chi connectivity index (χ4n) is 3.07. The van der Waals surface area contributed by atoms with E-state index in [0.29, 0.717) is 28.2 Å². The Morgan fingerprint density at radius 3 is 2.52 bits per heavy atom. The van der Waals surface area contributed by atoms with Crippen LogP contribution in [0.15, 0.2) is 36.4 Å². The number of fused-ring (bicyclic) bond motifs is 1. The maximum Gasteiger partial charge on any atom is 0.254 e. The number of benzene rings is 2. The van der Waals surface area contributed by atoms with E-state index in [4.69, 9.17) is 0 Å². The number of carbonyl (C=O) groups excluding carboxylic acids is 1. The highest BCUT2D eigenvalue weighted by Crippen LogP contribution is 2.27. The summed E-state index contributed by atoms with van der Waals surface area (Å²) in [6.45, 7) is 5.99. The highest BCUT2D eigenvalue weighted by atomic mass is 19.1. The van der Waals surface area contributed by atoms with Crippen molar-refractivity contribution < 1.29 is 9.18 Å². The molecule has 1 fully saturated rings. The van der Waals surface area contributed by atoms with Gasteiger partial charge in [0.2, 0.25) is 0 Å². The number of rotatable bonds is 1. The third kappa shape index (κ3) is 2.53. The van der Waals surface area contributed by atoms with E-state index in [-0.39, 0.29) is 11.7 Å². The van der Waals surface area contributed by atoms with Gasteiger partial charge >= 0.3 is 0 Å². The third-order valence-electron chi connectivity index (χ3n) is 4.72. The van der Waals surface area contributed by atoms with Crippen molar-refractivity contribution in [2.75, 3.05) is 13.1 Å². The summed E-state index contributed by atoms with van der Waals surface area (Å²) in [5.41, 5.74) is 0.605. The van der Waals surface area contributed by atoms with Crippen molar-refractivity contribution in [2.24, 2.45) is 11.8 Å². The molecule has 0 N–H and O–H groups in total. The molecular weight excluding hydrogens is 265 g/mol. The molecule has 1 heterocycles. The van der Waals surface area contributed by atoms with Crippen molar-refractivity contribution in [1.29, 1.82) is 0 Å². The minimum Gasteiger partial charge on any atom is -0.338 e. The normalized spacial score (nSPS) is 22.5. The van der Waals surface area contributed by atoms with Crippen LogP contribution in [0.2, 0.25) is 0 Å². The first-order valence-electron chi connectivity index (χ1n) is 7.54. The molecular formula is C18H20FNO. The number of hydrogen-bond donors (Lipinski definition) is 0. The zero-order valence-electron chi connectivity index (χ0n) is 12.5. The van der Waals surface area contributed by atoms with Crippen molar-refractivity contribution in [3.8, 4) is 0 Å². The molecule has 1 aliphatic heterocycles. The van der Waals surface area contributed by atoms with Gasteiger partial charge in [0.05, 0.1) is 0 Å². The summed E-state index contributed by atoms with van der Waals surface area (Å²) in [5, 5.41) is 1.22. The van der Waals surface area contributed by atoms with Gasteiger partial charge in [0.25, 0.3) is 5.91 Å². The second kappa shape index (κ2) is 5.47. The van der Waals surface area contributed by atoms with Crippen LogP contribution in [-0.4, -0.2) is 23.9 Å². The van der Waals surface area contributed by atoms with E-state index in [1.807, 2.05) is 17.0 Å². The van der Waals surface area contributed by atoms with Gasteiger partial charge in [0.1, 0.15) is 5.82 Å². The van der Waals surface area contributed by atoms with E-state index in [9.17, 15) is 9.18 Å².